The maximum Gasteiger partial charge on any atom is 0.224 e. The van der Waals surface area contributed by atoms with E-state index in [9.17, 15) is 0 Å². The van der Waals surface area contributed by atoms with Gasteiger partial charge in [0.15, 0.2) is 0 Å². The Bertz CT molecular complexity index is 322. The molecule has 0 aliphatic heterocycles. The van der Waals surface area contributed by atoms with Crippen molar-refractivity contribution < 1.29 is 0 Å². The summed E-state index contributed by atoms with van der Waals surface area (Å²) >= 11 is 0. The molecule has 84 valence electrons. The maximum absolute atomic E-state index is 4.38. The van der Waals surface area contributed by atoms with Gasteiger partial charge < -0.3 is 10.6 Å². The first-order chi connectivity index (χ1) is 7.04. The normalized spacial score (nSPS) is 12.7. The number of nitrogens with one attached hydrogen (secondary N) is 2. The molecule has 1 heterocycles. The van der Waals surface area contributed by atoms with Crippen LogP contribution in [0.5, 0.6) is 0 Å². The highest BCUT2D eigenvalue weighted by molar-refractivity contribution is 5.46. The Hall–Kier alpha value is -1.32. The summed E-state index contributed by atoms with van der Waals surface area (Å²) in [5, 5.41) is 6.33. The first-order valence-electron chi connectivity index (χ1n) is 5.32. The van der Waals surface area contributed by atoms with Crippen LogP contribution < -0.4 is 10.6 Å². The van der Waals surface area contributed by atoms with Crippen LogP contribution in [0.4, 0.5) is 11.8 Å². The number of rotatable bonds is 4. The van der Waals surface area contributed by atoms with Gasteiger partial charge >= 0.3 is 0 Å². The van der Waals surface area contributed by atoms with Gasteiger partial charge in [0.1, 0.15) is 5.82 Å². The Morgan fingerprint density at radius 1 is 1.27 bits per heavy atom. The molecular weight excluding hydrogens is 188 g/mol. The van der Waals surface area contributed by atoms with E-state index in [4.69, 9.17) is 0 Å². The van der Waals surface area contributed by atoms with Crippen LogP contribution in [0, 0.1) is 12.8 Å². The minimum atomic E-state index is 0.406. The van der Waals surface area contributed by atoms with Crippen LogP contribution >= 0.6 is 0 Å². The van der Waals surface area contributed by atoms with E-state index < -0.39 is 0 Å². The number of nitrogens with zero attached hydrogens (tertiary/aromatic N) is 2. The van der Waals surface area contributed by atoms with Gasteiger partial charge in [0.2, 0.25) is 5.95 Å². The molecule has 4 heteroatoms. The predicted octanol–water partition coefficient (Wildman–Crippen LogP) is 2.28. The molecule has 0 saturated heterocycles. The molecule has 0 aromatic carbocycles. The average molecular weight is 208 g/mol. The Morgan fingerprint density at radius 3 is 2.47 bits per heavy atom. The predicted molar refractivity (Wildman–Crippen MR) is 64.2 cm³/mol. The van der Waals surface area contributed by atoms with Crippen LogP contribution in [-0.4, -0.2) is 23.1 Å². The minimum absolute atomic E-state index is 0.406. The van der Waals surface area contributed by atoms with E-state index in [-0.39, 0.29) is 0 Å². The van der Waals surface area contributed by atoms with E-state index in [1.807, 2.05) is 20.2 Å². The van der Waals surface area contributed by atoms with Crippen LogP contribution in [0.25, 0.3) is 0 Å². The van der Waals surface area contributed by atoms with Gasteiger partial charge in [-0.2, -0.15) is 4.98 Å². The standard InChI is InChI=1S/C11H20N4/c1-7(2)9(4)14-10-8(3)6-13-11(12-5)15-10/h6-7,9H,1-5H3,(H2,12,13,14,15). The summed E-state index contributed by atoms with van der Waals surface area (Å²) in [7, 11) is 1.82. The molecule has 1 aromatic heterocycles. The summed E-state index contributed by atoms with van der Waals surface area (Å²) in [6.07, 6.45) is 1.83. The van der Waals surface area contributed by atoms with Crippen molar-refractivity contribution >= 4 is 11.8 Å². The van der Waals surface area contributed by atoms with Crippen LogP contribution in [0.15, 0.2) is 6.20 Å². The van der Waals surface area contributed by atoms with Crippen LogP contribution in [0.3, 0.4) is 0 Å². The van der Waals surface area contributed by atoms with Crippen molar-refractivity contribution in [2.24, 2.45) is 5.92 Å². The average Bonchev–Trinajstić information content (AvgIpc) is 2.21. The molecule has 0 aliphatic carbocycles. The van der Waals surface area contributed by atoms with Gasteiger partial charge in [0.05, 0.1) is 0 Å². The zero-order valence-corrected chi connectivity index (χ0v) is 10.1. The Labute approximate surface area is 91.5 Å². The van der Waals surface area contributed by atoms with Gasteiger partial charge in [-0.15, -0.1) is 0 Å². The lowest BCUT2D eigenvalue weighted by atomic mass is 10.1. The SMILES string of the molecule is CNc1ncc(C)c(NC(C)C(C)C)n1. The monoisotopic (exact) mass is 208 g/mol. The molecular formula is C11H20N4. The largest absolute Gasteiger partial charge is 0.367 e. The van der Waals surface area contributed by atoms with Crippen molar-refractivity contribution in [2.45, 2.75) is 33.7 Å². The maximum atomic E-state index is 4.38. The van der Waals surface area contributed by atoms with E-state index >= 15 is 0 Å². The first kappa shape index (κ1) is 11.8. The molecule has 15 heavy (non-hydrogen) atoms. The van der Waals surface area contributed by atoms with E-state index in [2.05, 4.69) is 41.4 Å². The van der Waals surface area contributed by atoms with Crippen LogP contribution in [0.2, 0.25) is 0 Å². The highest BCUT2D eigenvalue weighted by Gasteiger charge is 2.09. The van der Waals surface area contributed by atoms with Gasteiger partial charge in [0.25, 0.3) is 0 Å². The quantitative estimate of drug-likeness (QED) is 0.797. The summed E-state index contributed by atoms with van der Waals surface area (Å²) in [6.45, 7) is 8.54. The minimum Gasteiger partial charge on any atom is -0.367 e. The summed E-state index contributed by atoms with van der Waals surface area (Å²) in [4.78, 5) is 8.53. The molecule has 1 atom stereocenters. The molecule has 0 amide bonds. The second-order valence-corrected chi connectivity index (χ2v) is 4.15. The van der Waals surface area contributed by atoms with E-state index in [0.717, 1.165) is 11.4 Å². The zero-order chi connectivity index (χ0) is 11.4. The fourth-order valence-corrected chi connectivity index (χ4v) is 1.09. The van der Waals surface area contributed by atoms with Gasteiger partial charge in [-0.3, -0.25) is 0 Å². The molecule has 0 fully saturated rings. The molecule has 1 rings (SSSR count). The van der Waals surface area contributed by atoms with Gasteiger partial charge in [-0.25, -0.2) is 4.98 Å². The first-order valence-corrected chi connectivity index (χ1v) is 5.32. The lowest BCUT2D eigenvalue weighted by molar-refractivity contribution is 0.558. The van der Waals surface area contributed by atoms with Crippen molar-refractivity contribution in [3.63, 3.8) is 0 Å². The smallest absolute Gasteiger partial charge is 0.224 e. The molecule has 0 spiro atoms. The van der Waals surface area contributed by atoms with Crippen molar-refractivity contribution in [3.05, 3.63) is 11.8 Å². The number of aromatic nitrogens is 2. The highest BCUT2D eigenvalue weighted by Crippen LogP contribution is 2.15. The molecule has 0 bridgehead atoms. The molecule has 2 N–H and O–H groups in total. The molecule has 4 nitrogen and oxygen atoms in total. The topological polar surface area (TPSA) is 49.8 Å². The van der Waals surface area contributed by atoms with Crippen molar-refractivity contribution in [1.29, 1.82) is 0 Å². The fourth-order valence-electron chi connectivity index (χ4n) is 1.09. The van der Waals surface area contributed by atoms with Crippen molar-refractivity contribution in [2.75, 3.05) is 17.7 Å². The van der Waals surface area contributed by atoms with Crippen molar-refractivity contribution in [1.82, 2.24) is 9.97 Å². The Balaban J connectivity index is 2.83. The highest BCUT2D eigenvalue weighted by atomic mass is 15.1. The molecule has 0 saturated carbocycles. The van der Waals surface area contributed by atoms with Gasteiger partial charge in [-0.05, 0) is 19.8 Å². The van der Waals surface area contributed by atoms with E-state index in [0.29, 0.717) is 17.9 Å². The van der Waals surface area contributed by atoms with Crippen LogP contribution in [-0.2, 0) is 0 Å². The van der Waals surface area contributed by atoms with Crippen molar-refractivity contribution in [3.8, 4) is 0 Å². The second-order valence-electron chi connectivity index (χ2n) is 4.15. The third-order valence-electron chi connectivity index (χ3n) is 2.56. The molecule has 0 radical (unpaired) electrons. The van der Waals surface area contributed by atoms with Gasteiger partial charge in [0, 0.05) is 24.8 Å². The number of hydrogen-bond acceptors (Lipinski definition) is 4. The lowest BCUT2D eigenvalue weighted by Crippen LogP contribution is -2.23. The van der Waals surface area contributed by atoms with E-state index in [1.165, 1.54) is 0 Å². The summed E-state index contributed by atoms with van der Waals surface area (Å²) < 4.78 is 0. The molecule has 1 aromatic rings. The third-order valence-corrected chi connectivity index (χ3v) is 2.56. The molecule has 1 unspecified atom stereocenters. The Kier molecular flexibility index (Phi) is 3.88. The van der Waals surface area contributed by atoms with Gasteiger partial charge in [-0.1, -0.05) is 13.8 Å². The third kappa shape index (κ3) is 3.08. The number of hydrogen-bond donors (Lipinski definition) is 2. The summed E-state index contributed by atoms with van der Waals surface area (Å²) in [5.41, 5.74) is 1.07. The second kappa shape index (κ2) is 4.96. The lowest BCUT2D eigenvalue weighted by Gasteiger charge is -2.19. The molecule has 0 aliphatic rings. The fraction of sp³-hybridized carbons (Fsp3) is 0.636. The van der Waals surface area contributed by atoms with Crippen LogP contribution in [0.1, 0.15) is 26.3 Å². The summed E-state index contributed by atoms with van der Waals surface area (Å²) in [6, 6.07) is 0.406. The number of aryl methyl sites for hydroxylation is 1. The zero-order valence-electron chi connectivity index (χ0n) is 10.1. The van der Waals surface area contributed by atoms with E-state index in [1.54, 1.807) is 0 Å². The Morgan fingerprint density at radius 2 is 1.93 bits per heavy atom. The summed E-state index contributed by atoms with van der Waals surface area (Å²) in [5.74, 6) is 2.15. The number of anilines is 2.